The van der Waals surface area contributed by atoms with Gasteiger partial charge in [-0.15, -0.1) is 0 Å². The van der Waals surface area contributed by atoms with Crippen LogP contribution in [-0.4, -0.2) is 0 Å². The molecule has 0 aromatic heterocycles. The summed E-state index contributed by atoms with van der Waals surface area (Å²) >= 11 is 0. The van der Waals surface area contributed by atoms with Gasteiger partial charge in [-0.05, 0) is 20.3 Å². The van der Waals surface area contributed by atoms with E-state index in [9.17, 15) is 0 Å². The highest BCUT2D eigenvalue weighted by atomic mass is 13.6. The molecule has 0 amide bonds. The molecule has 0 N–H and O–H groups in total. The molecule has 0 aliphatic carbocycles. The van der Waals surface area contributed by atoms with Gasteiger partial charge in [0.1, 0.15) is 0 Å². The average Bonchev–Trinajstić information content (AvgIpc) is 2.12. The van der Waals surface area contributed by atoms with Crippen molar-refractivity contribution in [3.05, 3.63) is 49.1 Å². The van der Waals surface area contributed by atoms with Gasteiger partial charge in [0.05, 0.1) is 0 Å². The maximum Gasteiger partial charge on any atom is -0.0376 e. The number of allylic oxidation sites excluding steroid dienone is 7. The largest absolute Gasteiger partial charge is 0.0991 e. The van der Waals surface area contributed by atoms with Crippen LogP contribution in [0.1, 0.15) is 27.2 Å². The predicted octanol–water partition coefficient (Wildman–Crippen LogP) is 4.28. The van der Waals surface area contributed by atoms with Crippen molar-refractivity contribution in [3.63, 3.8) is 0 Å². The van der Waals surface area contributed by atoms with E-state index in [1.807, 2.05) is 44.2 Å². The van der Waals surface area contributed by atoms with E-state index >= 15 is 0 Å². The Hall–Kier alpha value is -1.04. The van der Waals surface area contributed by atoms with Crippen LogP contribution >= 0.6 is 0 Å². The molecule has 0 radical (unpaired) electrons. The number of hydrogen-bond acceptors (Lipinski definition) is 0. The Morgan fingerprint density at radius 2 is 1.50 bits per heavy atom. The van der Waals surface area contributed by atoms with Crippen molar-refractivity contribution in [3.8, 4) is 0 Å². The highest BCUT2D eigenvalue weighted by Gasteiger charge is 1.55. The highest BCUT2D eigenvalue weighted by Crippen LogP contribution is 1.76. The molecule has 12 heavy (non-hydrogen) atoms. The molecule has 0 aromatic rings. The highest BCUT2D eigenvalue weighted by molar-refractivity contribution is 4.99. The smallest absolute Gasteiger partial charge is 0.0376 e. The van der Waals surface area contributed by atoms with Crippen LogP contribution in [0, 0.1) is 0 Å². The molecule has 68 valence electrons. The SMILES string of the molecule is C=CC=CCC.CC=CC=CC. The van der Waals surface area contributed by atoms with Crippen molar-refractivity contribution in [2.45, 2.75) is 27.2 Å². The van der Waals surface area contributed by atoms with Gasteiger partial charge in [0.2, 0.25) is 0 Å². The summed E-state index contributed by atoms with van der Waals surface area (Å²) in [5, 5.41) is 0. The van der Waals surface area contributed by atoms with Gasteiger partial charge in [-0.3, -0.25) is 0 Å². The second kappa shape index (κ2) is 16.5. The Morgan fingerprint density at radius 1 is 1.00 bits per heavy atom. The van der Waals surface area contributed by atoms with Crippen molar-refractivity contribution in [2.75, 3.05) is 0 Å². The van der Waals surface area contributed by atoms with Crippen LogP contribution in [0.5, 0.6) is 0 Å². The minimum Gasteiger partial charge on any atom is -0.0991 e. The van der Waals surface area contributed by atoms with Crippen LogP contribution in [0.3, 0.4) is 0 Å². The minimum atomic E-state index is 1.10. The summed E-state index contributed by atoms with van der Waals surface area (Å²) in [5.74, 6) is 0. The topological polar surface area (TPSA) is 0 Å². The lowest BCUT2D eigenvalue weighted by Gasteiger charge is -1.67. The summed E-state index contributed by atoms with van der Waals surface area (Å²) in [5.41, 5.74) is 0. The molecule has 0 aliphatic heterocycles. The molecular formula is C12H20. The average molecular weight is 164 g/mol. The lowest BCUT2D eigenvalue weighted by molar-refractivity contribution is 1.22. The minimum absolute atomic E-state index is 1.10. The molecule has 0 fully saturated rings. The third kappa shape index (κ3) is 23.1. The Bertz CT molecular complexity index is 137. The summed E-state index contributed by atoms with van der Waals surface area (Å²) in [7, 11) is 0. The molecule has 0 nitrogen and oxygen atoms in total. The first-order valence-electron chi connectivity index (χ1n) is 4.34. The lowest BCUT2D eigenvalue weighted by Crippen LogP contribution is -1.46. The van der Waals surface area contributed by atoms with Crippen molar-refractivity contribution in [1.29, 1.82) is 0 Å². The van der Waals surface area contributed by atoms with Crippen LogP contribution in [0.2, 0.25) is 0 Å². The molecule has 0 bridgehead atoms. The van der Waals surface area contributed by atoms with Gasteiger partial charge in [-0.2, -0.15) is 0 Å². The van der Waals surface area contributed by atoms with Gasteiger partial charge in [0.25, 0.3) is 0 Å². The molecule has 0 rings (SSSR count). The maximum atomic E-state index is 3.51. The Kier molecular flexibility index (Phi) is 18.6. The molecule has 0 unspecified atom stereocenters. The molecule has 0 aromatic carbocycles. The Balaban J connectivity index is 0. The molecule has 0 aliphatic rings. The lowest BCUT2D eigenvalue weighted by atomic mass is 10.4. The first-order valence-corrected chi connectivity index (χ1v) is 4.34. The molecule has 0 heterocycles. The van der Waals surface area contributed by atoms with Gasteiger partial charge < -0.3 is 0 Å². The Labute approximate surface area is 77.0 Å². The van der Waals surface area contributed by atoms with E-state index in [1.54, 1.807) is 6.08 Å². The molecule has 0 atom stereocenters. The number of hydrogen-bond donors (Lipinski definition) is 0. The van der Waals surface area contributed by atoms with Crippen molar-refractivity contribution < 1.29 is 0 Å². The molecular weight excluding hydrogens is 144 g/mol. The van der Waals surface area contributed by atoms with E-state index in [1.165, 1.54) is 0 Å². The predicted molar refractivity (Wildman–Crippen MR) is 59.3 cm³/mol. The molecule has 0 heteroatoms. The van der Waals surface area contributed by atoms with Crippen LogP contribution in [-0.2, 0) is 0 Å². The van der Waals surface area contributed by atoms with Gasteiger partial charge >= 0.3 is 0 Å². The summed E-state index contributed by atoms with van der Waals surface area (Å²) in [6, 6.07) is 0. The van der Waals surface area contributed by atoms with Gasteiger partial charge in [-0.25, -0.2) is 0 Å². The zero-order valence-electron chi connectivity index (χ0n) is 8.46. The van der Waals surface area contributed by atoms with E-state index in [0.29, 0.717) is 0 Å². The van der Waals surface area contributed by atoms with Crippen LogP contribution in [0.4, 0.5) is 0 Å². The van der Waals surface area contributed by atoms with Crippen molar-refractivity contribution >= 4 is 0 Å². The fourth-order valence-electron chi connectivity index (χ4n) is 0.455. The van der Waals surface area contributed by atoms with Gasteiger partial charge in [0.15, 0.2) is 0 Å². The standard InChI is InChI=1S/2C6H10/c2*1-3-5-6-4-2/h3-6H,1-2H3;3,5-6H,1,4H2,2H3. The fraction of sp³-hybridized carbons (Fsp3) is 0.333. The summed E-state index contributed by atoms with van der Waals surface area (Å²) in [6.45, 7) is 9.61. The van der Waals surface area contributed by atoms with Gasteiger partial charge in [0, 0.05) is 0 Å². The quantitative estimate of drug-likeness (QED) is 0.546. The van der Waals surface area contributed by atoms with Crippen LogP contribution in [0.25, 0.3) is 0 Å². The zero-order valence-corrected chi connectivity index (χ0v) is 8.46. The van der Waals surface area contributed by atoms with Crippen LogP contribution in [0.15, 0.2) is 49.1 Å². The van der Waals surface area contributed by atoms with E-state index < -0.39 is 0 Å². The maximum absolute atomic E-state index is 3.51. The van der Waals surface area contributed by atoms with E-state index in [4.69, 9.17) is 0 Å². The van der Waals surface area contributed by atoms with Gasteiger partial charge in [-0.1, -0.05) is 56.0 Å². The third-order valence-electron chi connectivity index (χ3n) is 1.00. The van der Waals surface area contributed by atoms with Crippen LogP contribution < -0.4 is 0 Å². The molecule has 0 saturated heterocycles. The normalized spacial score (nSPS) is 10.6. The van der Waals surface area contributed by atoms with E-state index in [-0.39, 0.29) is 0 Å². The van der Waals surface area contributed by atoms with Crippen molar-refractivity contribution in [1.82, 2.24) is 0 Å². The third-order valence-corrected chi connectivity index (χ3v) is 1.00. The fourth-order valence-corrected chi connectivity index (χ4v) is 0.455. The first-order chi connectivity index (χ1) is 5.83. The summed E-state index contributed by atoms with van der Waals surface area (Å²) < 4.78 is 0. The van der Waals surface area contributed by atoms with E-state index in [2.05, 4.69) is 19.6 Å². The van der Waals surface area contributed by atoms with E-state index in [0.717, 1.165) is 6.42 Å². The number of rotatable bonds is 3. The second-order valence-corrected chi connectivity index (χ2v) is 2.12. The summed E-state index contributed by atoms with van der Waals surface area (Å²) in [4.78, 5) is 0. The first kappa shape index (κ1) is 13.5. The Morgan fingerprint density at radius 3 is 1.67 bits per heavy atom. The molecule has 0 saturated carbocycles. The monoisotopic (exact) mass is 164 g/mol. The second-order valence-electron chi connectivity index (χ2n) is 2.12. The zero-order chi connectivity index (χ0) is 9.66. The van der Waals surface area contributed by atoms with Crippen molar-refractivity contribution in [2.24, 2.45) is 0 Å². The molecule has 0 spiro atoms. The summed E-state index contributed by atoms with van der Waals surface area (Å²) in [6.07, 6.45) is 14.9.